The zero-order chi connectivity index (χ0) is 22.5. The van der Waals surface area contributed by atoms with E-state index in [4.69, 9.17) is 21.1 Å². The molecule has 0 radical (unpaired) electrons. The molecule has 0 aromatic heterocycles. The molecular formula is C24H33ClN2O4. The molecule has 3 rings (SSSR count). The van der Waals surface area contributed by atoms with Gasteiger partial charge in [-0.05, 0) is 54.7 Å². The molecule has 0 bridgehead atoms. The zero-order valence-electron chi connectivity index (χ0n) is 18.8. The highest BCUT2D eigenvalue weighted by Gasteiger charge is 2.28. The van der Waals surface area contributed by atoms with Gasteiger partial charge in [-0.25, -0.2) is 0 Å². The number of ether oxygens (including phenoxy) is 2. The summed E-state index contributed by atoms with van der Waals surface area (Å²) in [5.41, 5.74) is 4.65. The van der Waals surface area contributed by atoms with Crippen molar-refractivity contribution < 1.29 is 19.7 Å². The monoisotopic (exact) mass is 448 g/mol. The van der Waals surface area contributed by atoms with Crippen molar-refractivity contribution >= 4 is 11.6 Å². The summed E-state index contributed by atoms with van der Waals surface area (Å²) < 4.78 is 10.7. The summed E-state index contributed by atoms with van der Waals surface area (Å²) in [5, 5.41) is 20.1. The van der Waals surface area contributed by atoms with E-state index >= 15 is 0 Å². The molecule has 1 saturated heterocycles. The Morgan fingerprint density at radius 3 is 2.42 bits per heavy atom. The van der Waals surface area contributed by atoms with E-state index in [1.165, 1.54) is 29.9 Å². The Balaban J connectivity index is 1.72. The topological polar surface area (TPSA) is 65.4 Å². The Bertz CT molecular complexity index is 906. The molecule has 1 aliphatic rings. The molecule has 1 aliphatic heterocycles. The number of benzene rings is 2. The fourth-order valence-electron chi connectivity index (χ4n) is 4.31. The molecule has 2 N–H and O–H groups in total. The van der Waals surface area contributed by atoms with Crippen LogP contribution in [0.25, 0.3) is 0 Å². The van der Waals surface area contributed by atoms with Crippen molar-refractivity contribution in [1.82, 2.24) is 9.80 Å². The second kappa shape index (κ2) is 10.6. The highest BCUT2D eigenvalue weighted by Crippen LogP contribution is 2.33. The number of phenolic OH excluding ortho intramolecular Hbond substituents is 1. The van der Waals surface area contributed by atoms with Crippen LogP contribution in [0.4, 0.5) is 0 Å². The summed E-state index contributed by atoms with van der Waals surface area (Å²) in [6.07, 6.45) is 0.720. The van der Waals surface area contributed by atoms with E-state index in [0.29, 0.717) is 17.3 Å². The molecule has 0 amide bonds. The second-order valence-electron chi connectivity index (χ2n) is 8.16. The molecule has 1 unspecified atom stereocenters. The first-order valence-electron chi connectivity index (χ1n) is 10.6. The van der Waals surface area contributed by atoms with Gasteiger partial charge < -0.3 is 19.7 Å². The lowest BCUT2D eigenvalue weighted by Crippen LogP contribution is -2.52. The maximum Gasteiger partial charge on any atom is 0.160 e. The molecule has 170 valence electrons. The number of aliphatic hydroxyl groups excluding tert-OH is 1. The van der Waals surface area contributed by atoms with Gasteiger partial charge in [0.1, 0.15) is 5.75 Å². The summed E-state index contributed by atoms with van der Waals surface area (Å²) in [6.45, 7) is 8.56. The standard InChI is InChI=1S/C24H33ClN2O4/c1-16-17(2)23(30-3)6-5-18(16)14-27-9-8-26(15-20(27)7-10-28)13-19-11-24(31-4)22(29)12-21(19)25/h5-6,11-12,20,28-29H,7-10,13-15H2,1-4H3. The van der Waals surface area contributed by atoms with Gasteiger partial charge in [-0.1, -0.05) is 17.7 Å². The molecule has 1 atom stereocenters. The number of phenols is 1. The Morgan fingerprint density at radius 1 is 1.00 bits per heavy atom. The largest absolute Gasteiger partial charge is 0.504 e. The minimum atomic E-state index is 0.0457. The molecule has 0 saturated carbocycles. The van der Waals surface area contributed by atoms with Gasteiger partial charge in [-0.2, -0.15) is 0 Å². The first-order chi connectivity index (χ1) is 14.9. The molecule has 1 fully saturated rings. The van der Waals surface area contributed by atoms with Crippen LogP contribution >= 0.6 is 11.6 Å². The van der Waals surface area contributed by atoms with Crippen LogP contribution < -0.4 is 9.47 Å². The van der Waals surface area contributed by atoms with E-state index in [2.05, 4.69) is 29.7 Å². The number of aromatic hydroxyl groups is 1. The van der Waals surface area contributed by atoms with Gasteiger partial charge >= 0.3 is 0 Å². The molecule has 2 aromatic carbocycles. The lowest BCUT2D eigenvalue weighted by Gasteiger charge is -2.42. The first kappa shape index (κ1) is 23.7. The van der Waals surface area contributed by atoms with E-state index in [1.807, 2.05) is 6.07 Å². The maximum atomic E-state index is 9.92. The van der Waals surface area contributed by atoms with Crippen LogP contribution in [0.3, 0.4) is 0 Å². The molecule has 6 nitrogen and oxygen atoms in total. The van der Waals surface area contributed by atoms with Crippen LogP contribution in [0.2, 0.25) is 5.02 Å². The Hall–Kier alpha value is -1.99. The van der Waals surface area contributed by atoms with Crippen molar-refractivity contribution in [3.8, 4) is 17.2 Å². The predicted octanol–water partition coefficient (Wildman–Crippen LogP) is 3.75. The van der Waals surface area contributed by atoms with Crippen molar-refractivity contribution in [2.45, 2.75) is 39.4 Å². The normalized spacial score (nSPS) is 17.7. The summed E-state index contributed by atoms with van der Waals surface area (Å²) in [5.74, 6) is 1.39. The van der Waals surface area contributed by atoms with Gasteiger partial charge in [-0.3, -0.25) is 9.80 Å². The van der Waals surface area contributed by atoms with Crippen molar-refractivity contribution in [3.05, 3.63) is 51.5 Å². The molecule has 31 heavy (non-hydrogen) atoms. The van der Waals surface area contributed by atoms with Crippen LogP contribution in [0.1, 0.15) is 28.7 Å². The smallest absolute Gasteiger partial charge is 0.160 e. The van der Waals surface area contributed by atoms with Gasteiger partial charge in [0.25, 0.3) is 0 Å². The van der Waals surface area contributed by atoms with Crippen molar-refractivity contribution in [2.24, 2.45) is 0 Å². The summed E-state index contributed by atoms with van der Waals surface area (Å²) >= 11 is 6.37. The van der Waals surface area contributed by atoms with Crippen LogP contribution in [0, 0.1) is 13.8 Å². The number of hydrogen-bond acceptors (Lipinski definition) is 6. The van der Waals surface area contributed by atoms with Crippen LogP contribution in [0.5, 0.6) is 17.2 Å². The van der Waals surface area contributed by atoms with E-state index in [-0.39, 0.29) is 18.4 Å². The number of hydrogen-bond donors (Lipinski definition) is 2. The van der Waals surface area contributed by atoms with Gasteiger partial charge in [0.15, 0.2) is 11.5 Å². The van der Waals surface area contributed by atoms with E-state index in [1.54, 1.807) is 13.2 Å². The zero-order valence-corrected chi connectivity index (χ0v) is 19.6. The highest BCUT2D eigenvalue weighted by molar-refractivity contribution is 6.31. The highest BCUT2D eigenvalue weighted by atomic mass is 35.5. The SMILES string of the molecule is COc1cc(CN2CCN(Cc3ccc(OC)c(C)c3C)C(CCO)C2)c(Cl)cc1O. The molecule has 0 aliphatic carbocycles. The molecule has 1 heterocycles. The summed E-state index contributed by atoms with van der Waals surface area (Å²) in [6, 6.07) is 7.76. The molecule has 2 aromatic rings. The van der Waals surface area contributed by atoms with Crippen LogP contribution in [-0.2, 0) is 13.1 Å². The van der Waals surface area contributed by atoms with Gasteiger partial charge in [0, 0.05) is 56.5 Å². The molecule has 7 heteroatoms. The maximum absolute atomic E-state index is 9.92. The van der Waals surface area contributed by atoms with E-state index in [9.17, 15) is 10.2 Å². The number of halogens is 1. The summed E-state index contributed by atoms with van der Waals surface area (Å²) in [4.78, 5) is 4.81. The fraction of sp³-hybridized carbons (Fsp3) is 0.500. The minimum Gasteiger partial charge on any atom is -0.504 e. The van der Waals surface area contributed by atoms with Crippen molar-refractivity contribution in [3.63, 3.8) is 0 Å². The quantitative estimate of drug-likeness (QED) is 0.641. The fourth-order valence-corrected chi connectivity index (χ4v) is 4.52. The van der Waals surface area contributed by atoms with Crippen LogP contribution in [-0.4, -0.2) is 66.5 Å². The van der Waals surface area contributed by atoms with Crippen LogP contribution in [0.15, 0.2) is 24.3 Å². The number of rotatable bonds is 8. The van der Waals surface area contributed by atoms with Crippen molar-refractivity contribution in [1.29, 1.82) is 0 Å². The molecule has 0 spiro atoms. The predicted molar refractivity (Wildman–Crippen MR) is 123 cm³/mol. The van der Waals surface area contributed by atoms with Gasteiger partial charge in [0.05, 0.1) is 14.2 Å². The Labute approximate surface area is 190 Å². The summed E-state index contributed by atoms with van der Waals surface area (Å²) in [7, 11) is 3.24. The number of piperazine rings is 1. The van der Waals surface area contributed by atoms with Gasteiger partial charge in [0.2, 0.25) is 0 Å². The molecular weight excluding hydrogens is 416 g/mol. The lowest BCUT2D eigenvalue weighted by molar-refractivity contribution is 0.0498. The lowest BCUT2D eigenvalue weighted by atomic mass is 10.00. The van der Waals surface area contributed by atoms with Crippen molar-refractivity contribution in [2.75, 3.05) is 40.5 Å². The number of aliphatic hydroxyl groups is 1. The third-order valence-electron chi connectivity index (χ3n) is 6.34. The Kier molecular flexibility index (Phi) is 8.06. The minimum absolute atomic E-state index is 0.0457. The third kappa shape index (κ3) is 5.44. The Morgan fingerprint density at radius 2 is 1.74 bits per heavy atom. The third-order valence-corrected chi connectivity index (χ3v) is 6.69. The number of nitrogens with zero attached hydrogens (tertiary/aromatic N) is 2. The number of methoxy groups -OCH3 is 2. The average molecular weight is 449 g/mol. The average Bonchev–Trinajstić information content (AvgIpc) is 2.75. The van der Waals surface area contributed by atoms with E-state index < -0.39 is 0 Å². The van der Waals surface area contributed by atoms with E-state index in [0.717, 1.165) is 43.9 Å². The second-order valence-corrected chi connectivity index (χ2v) is 8.57. The van der Waals surface area contributed by atoms with Gasteiger partial charge in [-0.15, -0.1) is 0 Å². The first-order valence-corrected chi connectivity index (χ1v) is 11.0.